The van der Waals surface area contributed by atoms with Crippen molar-refractivity contribution in [2.75, 3.05) is 10.6 Å². The van der Waals surface area contributed by atoms with Crippen LogP contribution in [0.3, 0.4) is 0 Å². The van der Waals surface area contributed by atoms with Gasteiger partial charge in [0.1, 0.15) is 11.9 Å². The van der Waals surface area contributed by atoms with Crippen molar-refractivity contribution in [1.29, 1.82) is 0 Å². The number of nitrogens with zero attached hydrogens (tertiary/aromatic N) is 1. The Morgan fingerprint density at radius 2 is 2.00 bits per heavy atom. The predicted molar refractivity (Wildman–Crippen MR) is 87.2 cm³/mol. The summed E-state index contributed by atoms with van der Waals surface area (Å²) in [5, 5.41) is 7.03. The Morgan fingerprint density at radius 1 is 1.24 bits per heavy atom. The SMILES string of the molecule is Cc1c(Cl)cccc1N[C@H](C)C(=O)Nc1ccc(Cl)cn1. The van der Waals surface area contributed by atoms with E-state index in [1.807, 2.05) is 25.1 Å². The third-order valence-corrected chi connectivity index (χ3v) is 3.64. The van der Waals surface area contributed by atoms with Crippen LogP contribution in [-0.4, -0.2) is 16.9 Å². The van der Waals surface area contributed by atoms with Gasteiger partial charge in [-0.25, -0.2) is 4.98 Å². The quantitative estimate of drug-likeness (QED) is 0.889. The van der Waals surface area contributed by atoms with Crippen LogP contribution in [0.25, 0.3) is 0 Å². The molecular weight excluding hydrogens is 309 g/mol. The first-order valence-corrected chi connectivity index (χ1v) is 7.17. The average molecular weight is 324 g/mol. The molecule has 0 saturated carbocycles. The first kappa shape index (κ1) is 15.6. The van der Waals surface area contributed by atoms with Crippen molar-refractivity contribution in [2.24, 2.45) is 0 Å². The highest BCUT2D eigenvalue weighted by Crippen LogP contribution is 2.23. The number of hydrogen-bond acceptors (Lipinski definition) is 3. The number of anilines is 2. The van der Waals surface area contributed by atoms with Crippen LogP contribution >= 0.6 is 23.2 Å². The number of hydrogen-bond donors (Lipinski definition) is 2. The van der Waals surface area contributed by atoms with Gasteiger partial charge in [-0.05, 0) is 43.7 Å². The van der Waals surface area contributed by atoms with Gasteiger partial charge in [0.15, 0.2) is 0 Å². The van der Waals surface area contributed by atoms with Crippen LogP contribution in [0.5, 0.6) is 0 Å². The molecule has 2 rings (SSSR count). The molecule has 0 aliphatic rings. The molecule has 2 aromatic rings. The molecule has 4 nitrogen and oxygen atoms in total. The van der Waals surface area contributed by atoms with E-state index >= 15 is 0 Å². The molecule has 2 N–H and O–H groups in total. The molecule has 1 aromatic heterocycles. The van der Waals surface area contributed by atoms with Gasteiger partial charge in [-0.2, -0.15) is 0 Å². The summed E-state index contributed by atoms with van der Waals surface area (Å²) in [6.45, 7) is 3.67. The molecule has 1 heterocycles. The maximum Gasteiger partial charge on any atom is 0.247 e. The molecule has 1 amide bonds. The molecule has 0 radical (unpaired) electrons. The third kappa shape index (κ3) is 4.09. The first-order valence-electron chi connectivity index (χ1n) is 6.41. The Kier molecular flexibility index (Phi) is 5.04. The summed E-state index contributed by atoms with van der Waals surface area (Å²) in [6, 6.07) is 8.42. The van der Waals surface area contributed by atoms with Crippen molar-refractivity contribution < 1.29 is 4.79 Å². The van der Waals surface area contributed by atoms with E-state index in [4.69, 9.17) is 23.2 Å². The lowest BCUT2D eigenvalue weighted by atomic mass is 10.2. The monoisotopic (exact) mass is 323 g/mol. The van der Waals surface area contributed by atoms with Crippen molar-refractivity contribution in [2.45, 2.75) is 19.9 Å². The molecule has 1 aromatic carbocycles. The van der Waals surface area contributed by atoms with Crippen LogP contribution in [0.2, 0.25) is 10.0 Å². The Labute approximate surface area is 133 Å². The Balaban J connectivity index is 2.02. The zero-order chi connectivity index (χ0) is 15.4. The lowest BCUT2D eigenvalue weighted by Gasteiger charge is -2.17. The van der Waals surface area contributed by atoms with E-state index in [1.54, 1.807) is 19.1 Å². The number of nitrogens with one attached hydrogen (secondary N) is 2. The number of benzene rings is 1. The summed E-state index contributed by atoms with van der Waals surface area (Å²) in [7, 11) is 0. The maximum atomic E-state index is 12.1. The number of pyridine rings is 1. The number of halogens is 2. The van der Waals surface area contributed by atoms with Gasteiger partial charge < -0.3 is 10.6 Å². The van der Waals surface area contributed by atoms with Crippen LogP contribution in [0.4, 0.5) is 11.5 Å². The molecular formula is C15H15Cl2N3O. The number of carbonyl (C=O) groups excluding carboxylic acids is 1. The average Bonchev–Trinajstić information content (AvgIpc) is 2.46. The van der Waals surface area contributed by atoms with Gasteiger partial charge in [0, 0.05) is 16.9 Å². The highest BCUT2D eigenvalue weighted by Gasteiger charge is 2.14. The summed E-state index contributed by atoms with van der Waals surface area (Å²) in [5.41, 5.74) is 1.73. The summed E-state index contributed by atoms with van der Waals surface area (Å²) in [6.07, 6.45) is 1.48. The number of amides is 1. The van der Waals surface area contributed by atoms with E-state index in [-0.39, 0.29) is 5.91 Å². The summed E-state index contributed by atoms with van der Waals surface area (Å²) >= 11 is 11.8. The minimum atomic E-state index is -0.431. The van der Waals surface area contributed by atoms with E-state index < -0.39 is 6.04 Å². The van der Waals surface area contributed by atoms with Gasteiger partial charge in [0.2, 0.25) is 5.91 Å². The largest absolute Gasteiger partial charge is 0.374 e. The van der Waals surface area contributed by atoms with Crippen LogP contribution in [-0.2, 0) is 4.79 Å². The van der Waals surface area contributed by atoms with Crippen molar-refractivity contribution in [3.63, 3.8) is 0 Å². The molecule has 0 spiro atoms. The lowest BCUT2D eigenvalue weighted by molar-refractivity contribution is -0.116. The van der Waals surface area contributed by atoms with Crippen molar-refractivity contribution in [1.82, 2.24) is 4.98 Å². The molecule has 0 aliphatic heterocycles. The van der Waals surface area contributed by atoms with Crippen LogP contribution < -0.4 is 10.6 Å². The number of rotatable bonds is 4. The molecule has 21 heavy (non-hydrogen) atoms. The zero-order valence-corrected chi connectivity index (χ0v) is 13.2. The van der Waals surface area contributed by atoms with Gasteiger partial charge in [0.25, 0.3) is 0 Å². The Bertz CT molecular complexity index is 644. The van der Waals surface area contributed by atoms with Gasteiger partial charge in [-0.1, -0.05) is 29.3 Å². The maximum absolute atomic E-state index is 12.1. The van der Waals surface area contributed by atoms with Crippen LogP contribution in [0.1, 0.15) is 12.5 Å². The van der Waals surface area contributed by atoms with E-state index in [9.17, 15) is 4.79 Å². The molecule has 0 bridgehead atoms. The molecule has 110 valence electrons. The summed E-state index contributed by atoms with van der Waals surface area (Å²) in [5.74, 6) is 0.269. The smallest absolute Gasteiger partial charge is 0.247 e. The highest BCUT2D eigenvalue weighted by atomic mass is 35.5. The van der Waals surface area contributed by atoms with E-state index in [1.165, 1.54) is 6.20 Å². The minimum absolute atomic E-state index is 0.191. The second-order valence-electron chi connectivity index (χ2n) is 4.63. The number of carbonyl (C=O) groups is 1. The lowest BCUT2D eigenvalue weighted by Crippen LogP contribution is -2.32. The second-order valence-corrected chi connectivity index (χ2v) is 5.47. The van der Waals surface area contributed by atoms with Crippen LogP contribution in [0, 0.1) is 6.92 Å². The van der Waals surface area contributed by atoms with E-state index in [2.05, 4.69) is 15.6 Å². The molecule has 6 heteroatoms. The Morgan fingerprint density at radius 3 is 2.67 bits per heavy atom. The molecule has 0 aliphatic carbocycles. The number of aromatic nitrogens is 1. The molecule has 0 unspecified atom stereocenters. The van der Waals surface area contributed by atoms with Crippen molar-refractivity contribution in [3.8, 4) is 0 Å². The highest BCUT2D eigenvalue weighted by molar-refractivity contribution is 6.31. The van der Waals surface area contributed by atoms with Crippen LogP contribution in [0.15, 0.2) is 36.5 Å². The summed E-state index contributed by atoms with van der Waals surface area (Å²) in [4.78, 5) is 16.1. The van der Waals surface area contributed by atoms with Crippen molar-refractivity contribution in [3.05, 3.63) is 52.1 Å². The summed E-state index contributed by atoms with van der Waals surface area (Å²) < 4.78 is 0. The van der Waals surface area contributed by atoms with E-state index in [0.29, 0.717) is 15.9 Å². The second kappa shape index (κ2) is 6.78. The predicted octanol–water partition coefficient (Wildman–Crippen LogP) is 4.14. The van der Waals surface area contributed by atoms with Gasteiger partial charge in [-0.3, -0.25) is 4.79 Å². The van der Waals surface area contributed by atoms with E-state index in [0.717, 1.165) is 11.3 Å². The molecule has 0 saturated heterocycles. The standard InChI is InChI=1S/C15H15Cl2N3O/c1-9-12(17)4-3-5-13(9)19-10(2)15(21)20-14-7-6-11(16)8-18-14/h3-8,10,19H,1-2H3,(H,18,20,21)/t10-/m1/s1. The fraction of sp³-hybridized carbons (Fsp3) is 0.200. The minimum Gasteiger partial charge on any atom is -0.374 e. The molecule has 1 atom stereocenters. The third-order valence-electron chi connectivity index (χ3n) is 3.01. The zero-order valence-electron chi connectivity index (χ0n) is 11.7. The molecule has 0 fully saturated rings. The van der Waals surface area contributed by atoms with Gasteiger partial charge in [0.05, 0.1) is 5.02 Å². The topological polar surface area (TPSA) is 54.0 Å². The first-order chi connectivity index (χ1) is 9.97. The fourth-order valence-electron chi connectivity index (χ4n) is 1.75. The van der Waals surface area contributed by atoms with Gasteiger partial charge in [-0.15, -0.1) is 0 Å². The van der Waals surface area contributed by atoms with Crippen molar-refractivity contribution >= 4 is 40.6 Å². The van der Waals surface area contributed by atoms with Gasteiger partial charge >= 0.3 is 0 Å². The Hall–Kier alpha value is -1.78. The normalized spacial score (nSPS) is 11.8. The fourth-order valence-corrected chi connectivity index (χ4v) is 2.03.